The number of ether oxygens (including phenoxy) is 1. The Labute approximate surface area is 164 Å². The molecule has 1 aliphatic heterocycles. The Morgan fingerprint density at radius 1 is 1.36 bits per heavy atom. The zero-order chi connectivity index (χ0) is 19.5. The first-order chi connectivity index (χ1) is 13.7. The summed E-state index contributed by atoms with van der Waals surface area (Å²) < 4.78 is 10.9. The van der Waals surface area contributed by atoms with Gasteiger partial charge in [-0.1, -0.05) is 0 Å². The minimum atomic E-state index is -0.270. The predicted octanol–water partition coefficient (Wildman–Crippen LogP) is 4.39. The zero-order valence-corrected chi connectivity index (χ0v) is 16.3. The molecule has 3 aromatic rings. The van der Waals surface area contributed by atoms with E-state index < -0.39 is 0 Å². The summed E-state index contributed by atoms with van der Waals surface area (Å²) in [6, 6.07) is 11.7. The zero-order valence-electron chi connectivity index (χ0n) is 16.3. The molecule has 1 saturated heterocycles. The number of benzene rings is 1. The van der Waals surface area contributed by atoms with Gasteiger partial charge in [-0.2, -0.15) is 0 Å². The Bertz CT molecular complexity index is 969. The maximum absolute atomic E-state index is 12.3. The molecule has 0 aliphatic carbocycles. The summed E-state index contributed by atoms with van der Waals surface area (Å²) in [7, 11) is 0. The Morgan fingerprint density at radius 2 is 2.25 bits per heavy atom. The third-order valence-electron chi connectivity index (χ3n) is 5.12. The van der Waals surface area contributed by atoms with Crippen molar-refractivity contribution in [2.45, 2.75) is 32.7 Å². The van der Waals surface area contributed by atoms with Gasteiger partial charge in [0.2, 0.25) is 0 Å². The van der Waals surface area contributed by atoms with Crippen molar-refractivity contribution >= 4 is 28.2 Å². The van der Waals surface area contributed by atoms with Crippen molar-refractivity contribution in [2.75, 3.05) is 30.0 Å². The molecule has 28 heavy (non-hydrogen) atoms. The molecular formula is C22H25N3O3. The number of carbonyl (C=O) groups is 1. The highest BCUT2D eigenvalue weighted by Crippen LogP contribution is 2.33. The molecular weight excluding hydrogens is 354 g/mol. The molecule has 1 aliphatic rings. The highest BCUT2D eigenvalue weighted by molar-refractivity contribution is 6.04. The summed E-state index contributed by atoms with van der Waals surface area (Å²) in [6.07, 6.45) is 3.79. The molecule has 0 bridgehead atoms. The lowest BCUT2D eigenvalue weighted by Crippen LogP contribution is -2.33. The number of furan rings is 1. The van der Waals surface area contributed by atoms with E-state index in [1.165, 1.54) is 12.0 Å². The van der Waals surface area contributed by atoms with E-state index in [1.807, 2.05) is 32.0 Å². The summed E-state index contributed by atoms with van der Waals surface area (Å²) in [6.45, 7) is 6.54. The number of hydrogen-bond acceptors (Lipinski definition) is 5. The van der Waals surface area contributed by atoms with E-state index in [0.29, 0.717) is 11.7 Å². The van der Waals surface area contributed by atoms with Gasteiger partial charge in [0, 0.05) is 35.6 Å². The number of carbonyl (C=O) groups excluding carboxylic acids is 1. The van der Waals surface area contributed by atoms with Crippen molar-refractivity contribution in [1.82, 2.24) is 4.98 Å². The quantitative estimate of drug-likeness (QED) is 0.688. The smallest absolute Gasteiger partial charge is 0.291 e. The van der Waals surface area contributed by atoms with E-state index in [0.717, 1.165) is 49.2 Å². The number of anilines is 2. The van der Waals surface area contributed by atoms with E-state index in [2.05, 4.69) is 16.3 Å². The Morgan fingerprint density at radius 3 is 3.04 bits per heavy atom. The number of hydrogen-bond donors (Lipinski definition) is 1. The fourth-order valence-corrected chi connectivity index (χ4v) is 3.83. The van der Waals surface area contributed by atoms with E-state index in [4.69, 9.17) is 14.1 Å². The van der Waals surface area contributed by atoms with Crippen LogP contribution in [0.15, 0.2) is 47.1 Å². The van der Waals surface area contributed by atoms with Gasteiger partial charge in [0.15, 0.2) is 5.76 Å². The molecule has 0 spiro atoms. The molecule has 3 heterocycles. The number of nitrogens with one attached hydrogen (secondary N) is 1. The third kappa shape index (κ3) is 3.73. The normalized spacial score (nSPS) is 16.6. The first kappa shape index (κ1) is 18.5. The first-order valence-corrected chi connectivity index (χ1v) is 9.76. The highest BCUT2D eigenvalue weighted by Gasteiger charge is 2.26. The number of fused-ring (bicyclic) bond motifs is 1. The standard InChI is InChI=1S/C22H25N3O3/c1-3-27-14-17-6-4-10-25(17)20-12-15(2)23-19-13-16(8-9-18(19)20)24-22(26)21-7-5-11-28-21/h5,7-9,11-13,17H,3-4,6,10,14H2,1-2H3,(H,24,26). The van der Waals surface area contributed by atoms with Crippen LogP contribution in [0.1, 0.15) is 36.0 Å². The van der Waals surface area contributed by atoms with Gasteiger partial charge in [-0.15, -0.1) is 0 Å². The van der Waals surface area contributed by atoms with Crippen LogP contribution >= 0.6 is 0 Å². The second-order valence-corrected chi connectivity index (χ2v) is 7.10. The minimum Gasteiger partial charge on any atom is -0.459 e. The van der Waals surface area contributed by atoms with Crippen LogP contribution in [0.3, 0.4) is 0 Å². The molecule has 0 saturated carbocycles. The van der Waals surface area contributed by atoms with Gasteiger partial charge in [-0.05, 0) is 63.1 Å². The number of amides is 1. The summed E-state index contributed by atoms with van der Waals surface area (Å²) >= 11 is 0. The Hall–Kier alpha value is -2.86. The van der Waals surface area contributed by atoms with Gasteiger partial charge in [0.25, 0.3) is 5.91 Å². The second-order valence-electron chi connectivity index (χ2n) is 7.10. The van der Waals surface area contributed by atoms with Crippen molar-refractivity contribution in [3.63, 3.8) is 0 Å². The molecule has 1 fully saturated rings. The van der Waals surface area contributed by atoms with E-state index >= 15 is 0 Å². The first-order valence-electron chi connectivity index (χ1n) is 9.76. The molecule has 6 heteroatoms. The maximum Gasteiger partial charge on any atom is 0.291 e. The van der Waals surface area contributed by atoms with E-state index in [-0.39, 0.29) is 11.7 Å². The van der Waals surface area contributed by atoms with Crippen LogP contribution < -0.4 is 10.2 Å². The molecule has 4 rings (SSSR count). The maximum atomic E-state index is 12.3. The van der Waals surface area contributed by atoms with Gasteiger partial charge >= 0.3 is 0 Å². The third-order valence-corrected chi connectivity index (χ3v) is 5.12. The van der Waals surface area contributed by atoms with E-state index in [1.54, 1.807) is 12.1 Å². The van der Waals surface area contributed by atoms with Gasteiger partial charge < -0.3 is 19.4 Å². The molecule has 2 aromatic heterocycles. The van der Waals surface area contributed by atoms with Crippen molar-refractivity contribution in [3.8, 4) is 0 Å². The van der Waals surface area contributed by atoms with Gasteiger partial charge in [-0.3, -0.25) is 9.78 Å². The predicted molar refractivity (Wildman–Crippen MR) is 110 cm³/mol. The molecule has 1 unspecified atom stereocenters. The number of aryl methyl sites for hydroxylation is 1. The molecule has 1 atom stereocenters. The number of pyridine rings is 1. The van der Waals surface area contributed by atoms with Crippen molar-refractivity contribution in [1.29, 1.82) is 0 Å². The lowest BCUT2D eigenvalue weighted by atomic mass is 10.1. The van der Waals surface area contributed by atoms with Crippen LogP contribution in [0.5, 0.6) is 0 Å². The Kier molecular flexibility index (Phi) is 5.30. The minimum absolute atomic E-state index is 0.270. The molecule has 6 nitrogen and oxygen atoms in total. The van der Waals surface area contributed by atoms with Crippen molar-refractivity contribution < 1.29 is 13.9 Å². The topological polar surface area (TPSA) is 67.6 Å². The number of rotatable bonds is 6. The lowest BCUT2D eigenvalue weighted by Gasteiger charge is -2.28. The van der Waals surface area contributed by atoms with Crippen molar-refractivity contribution in [3.05, 3.63) is 54.1 Å². The molecule has 1 amide bonds. The van der Waals surface area contributed by atoms with Crippen LogP contribution in [0.2, 0.25) is 0 Å². The summed E-state index contributed by atoms with van der Waals surface area (Å²) in [5.41, 5.74) is 3.72. The number of nitrogens with zero attached hydrogens (tertiary/aromatic N) is 2. The summed E-state index contributed by atoms with van der Waals surface area (Å²) in [4.78, 5) is 19.4. The Balaban J connectivity index is 1.64. The van der Waals surface area contributed by atoms with Crippen LogP contribution in [0, 0.1) is 6.92 Å². The lowest BCUT2D eigenvalue weighted by molar-refractivity contribution is 0.0996. The monoisotopic (exact) mass is 379 g/mol. The molecule has 146 valence electrons. The largest absolute Gasteiger partial charge is 0.459 e. The van der Waals surface area contributed by atoms with Crippen LogP contribution in [0.4, 0.5) is 11.4 Å². The van der Waals surface area contributed by atoms with Crippen LogP contribution in [0.25, 0.3) is 10.9 Å². The molecule has 0 radical (unpaired) electrons. The van der Waals surface area contributed by atoms with Crippen LogP contribution in [-0.4, -0.2) is 36.7 Å². The molecule has 1 aromatic carbocycles. The molecule has 1 N–H and O–H groups in total. The highest BCUT2D eigenvalue weighted by atomic mass is 16.5. The van der Waals surface area contributed by atoms with E-state index in [9.17, 15) is 4.79 Å². The van der Waals surface area contributed by atoms with Gasteiger partial charge in [0.1, 0.15) is 0 Å². The average molecular weight is 379 g/mol. The average Bonchev–Trinajstić information content (AvgIpc) is 3.37. The number of aromatic nitrogens is 1. The fraction of sp³-hybridized carbons (Fsp3) is 0.364. The van der Waals surface area contributed by atoms with Gasteiger partial charge in [-0.25, -0.2) is 0 Å². The van der Waals surface area contributed by atoms with Gasteiger partial charge in [0.05, 0.1) is 24.4 Å². The summed E-state index contributed by atoms with van der Waals surface area (Å²) in [5.74, 6) is 0.0161. The second kappa shape index (κ2) is 8.02. The van der Waals surface area contributed by atoms with Crippen LogP contribution in [-0.2, 0) is 4.74 Å². The SMILES string of the molecule is CCOCC1CCCN1c1cc(C)nc2cc(NC(=O)c3ccco3)ccc12. The fourth-order valence-electron chi connectivity index (χ4n) is 3.83. The summed E-state index contributed by atoms with van der Waals surface area (Å²) in [5, 5.41) is 3.96. The van der Waals surface area contributed by atoms with Crippen molar-refractivity contribution in [2.24, 2.45) is 0 Å².